The number of nitrogens with zero attached hydrogens (tertiary/aromatic N) is 1. The van der Waals surface area contributed by atoms with E-state index < -0.39 is 18.4 Å². The molecule has 0 unspecified atom stereocenters. The second-order valence-electron chi connectivity index (χ2n) is 4.18. The van der Waals surface area contributed by atoms with Gasteiger partial charge >= 0.3 is 94.8 Å². The standard InChI is InChI=1S/C7H7ClNO.3CH3.Sn/c1-2-10-7-3-6(8)4-9-5-7;;;;/h3,5H,2H2,1H3;3*1H3;. The van der Waals surface area contributed by atoms with E-state index in [4.69, 9.17) is 16.3 Å². The molecule has 0 fully saturated rings. The van der Waals surface area contributed by atoms with Crippen molar-refractivity contribution in [1.82, 2.24) is 4.98 Å². The van der Waals surface area contributed by atoms with Crippen LogP contribution >= 0.6 is 11.6 Å². The van der Waals surface area contributed by atoms with Gasteiger partial charge in [0.05, 0.1) is 0 Å². The zero-order valence-corrected chi connectivity index (χ0v) is 12.7. The van der Waals surface area contributed by atoms with Crippen molar-refractivity contribution in [3.05, 3.63) is 17.3 Å². The van der Waals surface area contributed by atoms with Gasteiger partial charge in [0.2, 0.25) is 0 Å². The summed E-state index contributed by atoms with van der Waals surface area (Å²) in [4.78, 5) is 11.3. The van der Waals surface area contributed by atoms with Crippen molar-refractivity contribution >= 4 is 33.7 Å². The van der Waals surface area contributed by atoms with Crippen molar-refractivity contribution in [2.24, 2.45) is 0 Å². The van der Waals surface area contributed by atoms with Crippen LogP contribution in [0.1, 0.15) is 6.92 Å². The van der Waals surface area contributed by atoms with Gasteiger partial charge < -0.3 is 0 Å². The molecule has 0 aliphatic heterocycles. The van der Waals surface area contributed by atoms with Gasteiger partial charge in [-0.3, -0.25) is 0 Å². The molecule has 14 heavy (non-hydrogen) atoms. The molecule has 4 heteroatoms. The molecule has 1 rings (SSSR count). The van der Waals surface area contributed by atoms with Crippen LogP contribution in [-0.4, -0.2) is 30.0 Å². The summed E-state index contributed by atoms with van der Waals surface area (Å²) in [6.07, 6.45) is 1.77. The molecule has 1 heterocycles. The molecule has 0 spiro atoms. The molecular weight excluding hydrogens is 304 g/mol. The predicted molar refractivity (Wildman–Crippen MR) is 63.4 cm³/mol. The van der Waals surface area contributed by atoms with Crippen molar-refractivity contribution in [1.29, 1.82) is 0 Å². The third-order valence-corrected chi connectivity index (χ3v) is 7.77. The summed E-state index contributed by atoms with van der Waals surface area (Å²) in [7, 11) is 0. The van der Waals surface area contributed by atoms with Crippen LogP contribution in [-0.2, 0) is 0 Å². The molecule has 0 aliphatic carbocycles. The first-order valence-corrected chi connectivity index (χ1v) is 15.1. The quantitative estimate of drug-likeness (QED) is 0.799. The van der Waals surface area contributed by atoms with Gasteiger partial charge in [-0.25, -0.2) is 0 Å². The average molecular weight is 320 g/mol. The normalized spacial score (nSPS) is 11.5. The molecule has 78 valence electrons. The summed E-state index contributed by atoms with van der Waals surface area (Å²) in [5.41, 5.74) is 0. The molecule has 0 saturated carbocycles. The summed E-state index contributed by atoms with van der Waals surface area (Å²) in [6, 6.07) is 1.87. The van der Waals surface area contributed by atoms with Crippen molar-refractivity contribution < 1.29 is 4.74 Å². The Balaban J connectivity index is 3.02. The second-order valence-corrected chi connectivity index (χ2v) is 18.8. The van der Waals surface area contributed by atoms with Crippen molar-refractivity contribution in [2.75, 3.05) is 6.61 Å². The Kier molecular flexibility index (Phi) is 4.07. The van der Waals surface area contributed by atoms with E-state index in [1.807, 2.05) is 13.0 Å². The molecule has 0 aromatic carbocycles. The summed E-state index contributed by atoms with van der Waals surface area (Å²) in [5.74, 6) is 0.761. The number of hydrogen-bond donors (Lipinski definition) is 0. The van der Waals surface area contributed by atoms with E-state index in [1.165, 1.54) is 0 Å². The summed E-state index contributed by atoms with van der Waals surface area (Å²) in [6.45, 7) is 2.60. The number of ether oxygens (including phenoxy) is 1. The fraction of sp³-hybridized carbons (Fsp3) is 0.500. The Bertz CT molecular complexity index is 322. The zero-order valence-electron chi connectivity index (χ0n) is 9.10. The van der Waals surface area contributed by atoms with Gasteiger partial charge in [-0.15, -0.1) is 0 Å². The van der Waals surface area contributed by atoms with E-state index in [9.17, 15) is 0 Å². The van der Waals surface area contributed by atoms with E-state index in [0.29, 0.717) is 6.61 Å². The minimum absolute atomic E-state index is 0.649. The maximum absolute atomic E-state index is 6.16. The molecule has 0 aliphatic rings. The van der Waals surface area contributed by atoms with Gasteiger partial charge in [-0.1, -0.05) is 0 Å². The van der Waals surface area contributed by atoms with Crippen LogP contribution in [0, 0.1) is 0 Å². The van der Waals surface area contributed by atoms with Gasteiger partial charge in [0.1, 0.15) is 0 Å². The first-order valence-electron chi connectivity index (χ1n) is 4.74. The molecule has 0 saturated heterocycles. The van der Waals surface area contributed by atoms with Crippen LogP contribution in [0.3, 0.4) is 0 Å². The molecule has 2 nitrogen and oxygen atoms in total. The number of pyridine rings is 1. The molecule has 0 amide bonds. The van der Waals surface area contributed by atoms with Gasteiger partial charge in [0.25, 0.3) is 0 Å². The Labute approximate surface area is 94.5 Å². The van der Waals surface area contributed by atoms with Crippen molar-refractivity contribution in [3.8, 4) is 5.75 Å². The third kappa shape index (κ3) is 3.02. The Hall–Kier alpha value is 0.0387. The van der Waals surface area contributed by atoms with E-state index in [2.05, 4.69) is 19.8 Å². The summed E-state index contributed by atoms with van der Waals surface area (Å²) in [5, 5.41) is 0.763. The molecule has 0 bridgehead atoms. The summed E-state index contributed by atoms with van der Waals surface area (Å²) >= 11 is 4.02. The number of halogens is 1. The molecule has 0 N–H and O–H groups in total. The van der Waals surface area contributed by atoms with E-state index in [1.54, 1.807) is 6.20 Å². The predicted octanol–water partition coefficient (Wildman–Crippen LogP) is 2.68. The maximum atomic E-state index is 6.16. The van der Waals surface area contributed by atoms with Gasteiger partial charge in [-0.05, 0) is 0 Å². The summed E-state index contributed by atoms with van der Waals surface area (Å²) < 4.78 is 6.45. The van der Waals surface area contributed by atoms with Gasteiger partial charge in [0.15, 0.2) is 0 Å². The third-order valence-electron chi connectivity index (χ3n) is 1.84. The SMILES string of the molecule is CCOc1cn[c]([Sn]([CH3])([CH3])[CH3])c(Cl)c1. The fourth-order valence-corrected chi connectivity index (χ4v) is 6.82. The number of aromatic nitrogens is 1. The van der Waals surface area contributed by atoms with Crippen molar-refractivity contribution in [3.63, 3.8) is 0 Å². The first-order chi connectivity index (χ1) is 6.45. The average Bonchev–Trinajstić information content (AvgIpc) is 2.02. The van der Waals surface area contributed by atoms with Crippen LogP contribution in [0.15, 0.2) is 12.3 Å². The molecular formula is C10H16ClNOSn. The first kappa shape index (κ1) is 12.1. The van der Waals surface area contributed by atoms with Crippen LogP contribution in [0.25, 0.3) is 0 Å². The fourth-order valence-electron chi connectivity index (χ4n) is 1.22. The molecule has 1 aromatic rings. The van der Waals surface area contributed by atoms with E-state index >= 15 is 0 Å². The van der Waals surface area contributed by atoms with Crippen LogP contribution < -0.4 is 8.45 Å². The van der Waals surface area contributed by atoms with Crippen molar-refractivity contribution in [2.45, 2.75) is 21.7 Å². The monoisotopic (exact) mass is 321 g/mol. The molecule has 0 atom stereocenters. The van der Waals surface area contributed by atoms with Gasteiger partial charge in [0, 0.05) is 0 Å². The minimum atomic E-state index is -2.14. The van der Waals surface area contributed by atoms with Crippen LogP contribution in [0.2, 0.25) is 19.8 Å². The number of hydrogen-bond acceptors (Lipinski definition) is 2. The van der Waals surface area contributed by atoms with Gasteiger partial charge in [-0.2, -0.15) is 0 Å². The topological polar surface area (TPSA) is 22.1 Å². The van der Waals surface area contributed by atoms with Crippen LogP contribution in [0.4, 0.5) is 0 Å². The van der Waals surface area contributed by atoms with E-state index in [0.717, 1.165) is 14.5 Å². The van der Waals surface area contributed by atoms with Crippen LogP contribution in [0.5, 0.6) is 5.75 Å². The zero-order chi connectivity index (χ0) is 10.8. The Morgan fingerprint density at radius 1 is 1.43 bits per heavy atom. The molecule has 0 radical (unpaired) electrons. The molecule has 1 aromatic heterocycles. The Morgan fingerprint density at radius 2 is 2.07 bits per heavy atom. The number of rotatable bonds is 3. The Morgan fingerprint density at radius 3 is 2.50 bits per heavy atom. The second kappa shape index (κ2) is 4.71. The van der Waals surface area contributed by atoms with E-state index in [-0.39, 0.29) is 0 Å².